The average Bonchev–Trinajstić information content (AvgIpc) is 2.51. The Hall–Kier alpha value is -1.13. The second-order valence-electron chi connectivity index (χ2n) is 5.11. The SMILES string of the molecule is CCC(CC)N(CCOC)c1ccc(C(C)NC)nc1. The quantitative estimate of drug-likeness (QED) is 0.754. The Morgan fingerprint density at radius 2 is 2.00 bits per heavy atom. The molecule has 0 aromatic carbocycles. The van der Waals surface area contributed by atoms with E-state index in [1.54, 1.807) is 7.11 Å². The molecule has 1 aromatic heterocycles. The fraction of sp³-hybridized carbons (Fsp3) is 0.688. The van der Waals surface area contributed by atoms with Gasteiger partial charge in [0.15, 0.2) is 0 Å². The summed E-state index contributed by atoms with van der Waals surface area (Å²) in [4.78, 5) is 6.99. The molecule has 0 saturated heterocycles. The van der Waals surface area contributed by atoms with Crippen LogP contribution in [0.1, 0.15) is 45.3 Å². The van der Waals surface area contributed by atoms with E-state index in [4.69, 9.17) is 4.74 Å². The standard InChI is InChI=1S/C16H29N3O/c1-6-14(7-2)19(10-11-20-5)15-8-9-16(18-12-15)13(3)17-4/h8-9,12-14,17H,6-7,10-11H2,1-5H3. The second kappa shape index (κ2) is 8.93. The van der Waals surface area contributed by atoms with Crippen molar-refractivity contribution in [1.29, 1.82) is 0 Å². The predicted octanol–water partition coefficient (Wildman–Crippen LogP) is 3.00. The van der Waals surface area contributed by atoms with Crippen molar-refractivity contribution in [3.05, 3.63) is 24.0 Å². The molecule has 1 aromatic rings. The first-order valence-electron chi connectivity index (χ1n) is 7.56. The Morgan fingerprint density at radius 3 is 2.45 bits per heavy atom. The zero-order valence-electron chi connectivity index (χ0n) is 13.5. The minimum Gasteiger partial charge on any atom is -0.383 e. The lowest BCUT2D eigenvalue weighted by molar-refractivity contribution is 0.202. The normalized spacial score (nSPS) is 12.7. The molecule has 1 unspecified atom stereocenters. The lowest BCUT2D eigenvalue weighted by Crippen LogP contribution is -2.37. The van der Waals surface area contributed by atoms with Gasteiger partial charge in [0.05, 0.1) is 24.2 Å². The van der Waals surface area contributed by atoms with Gasteiger partial charge in [0.1, 0.15) is 0 Å². The zero-order chi connectivity index (χ0) is 15.0. The number of rotatable bonds is 9. The van der Waals surface area contributed by atoms with Crippen LogP contribution in [-0.2, 0) is 4.74 Å². The van der Waals surface area contributed by atoms with Crippen LogP contribution in [-0.4, -0.2) is 38.3 Å². The number of anilines is 1. The van der Waals surface area contributed by atoms with E-state index in [-0.39, 0.29) is 6.04 Å². The molecule has 0 aliphatic rings. The molecule has 1 rings (SSSR count). The summed E-state index contributed by atoms with van der Waals surface area (Å²) in [5.74, 6) is 0. The van der Waals surface area contributed by atoms with E-state index in [1.807, 2.05) is 13.2 Å². The van der Waals surface area contributed by atoms with E-state index < -0.39 is 0 Å². The molecule has 20 heavy (non-hydrogen) atoms. The molecule has 0 amide bonds. The highest BCUT2D eigenvalue weighted by Crippen LogP contribution is 2.21. The van der Waals surface area contributed by atoms with E-state index in [2.05, 4.69) is 48.1 Å². The van der Waals surface area contributed by atoms with Crippen molar-refractivity contribution in [2.24, 2.45) is 0 Å². The largest absolute Gasteiger partial charge is 0.383 e. The van der Waals surface area contributed by atoms with Crippen LogP contribution in [0.25, 0.3) is 0 Å². The third-order valence-corrected chi connectivity index (χ3v) is 3.90. The Balaban J connectivity index is 2.89. The van der Waals surface area contributed by atoms with Gasteiger partial charge in [-0.25, -0.2) is 0 Å². The van der Waals surface area contributed by atoms with E-state index in [0.717, 1.165) is 31.7 Å². The Kier molecular flexibility index (Phi) is 7.55. The maximum Gasteiger partial charge on any atom is 0.0637 e. The second-order valence-corrected chi connectivity index (χ2v) is 5.11. The summed E-state index contributed by atoms with van der Waals surface area (Å²) in [7, 11) is 3.70. The molecule has 1 heterocycles. The lowest BCUT2D eigenvalue weighted by atomic mass is 10.1. The van der Waals surface area contributed by atoms with Gasteiger partial charge in [0, 0.05) is 25.7 Å². The van der Waals surface area contributed by atoms with Gasteiger partial charge in [0.2, 0.25) is 0 Å². The number of nitrogens with zero attached hydrogens (tertiary/aromatic N) is 2. The van der Waals surface area contributed by atoms with Crippen molar-refractivity contribution in [3.63, 3.8) is 0 Å². The van der Waals surface area contributed by atoms with Gasteiger partial charge < -0.3 is 15.0 Å². The molecule has 0 spiro atoms. The van der Waals surface area contributed by atoms with Crippen LogP contribution < -0.4 is 10.2 Å². The molecule has 0 aliphatic heterocycles. The van der Waals surface area contributed by atoms with Gasteiger partial charge in [-0.1, -0.05) is 13.8 Å². The minimum atomic E-state index is 0.282. The lowest BCUT2D eigenvalue weighted by Gasteiger charge is -2.32. The van der Waals surface area contributed by atoms with Gasteiger partial charge >= 0.3 is 0 Å². The summed E-state index contributed by atoms with van der Waals surface area (Å²) >= 11 is 0. The van der Waals surface area contributed by atoms with Gasteiger partial charge in [0.25, 0.3) is 0 Å². The number of nitrogens with one attached hydrogen (secondary N) is 1. The predicted molar refractivity (Wildman–Crippen MR) is 85.3 cm³/mol. The summed E-state index contributed by atoms with van der Waals surface area (Å²) in [5.41, 5.74) is 2.26. The van der Waals surface area contributed by atoms with Crippen molar-refractivity contribution in [2.45, 2.75) is 45.7 Å². The molecule has 1 atom stereocenters. The first kappa shape index (κ1) is 16.9. The maximum absolute atomic E-state index is 5.24. The highest BCUT2D eigenvalue weighted by molar-refractivity contribution is 5.46. The van der Waals surface area contributed by atoms with Crippen molar-refractivity contribution in [2.75, 3.05) is 32.2 Å². The topological polar surface area (TPSA) is 37.4 Å². The van der Waals surface area contributed by atoms with Crippen molar-refractivity contribution in [3.8, 4) is 0 Å². The molecular formula is C16H29N3O. The van der Waals surface area contributed by atoms with Crippen LogP contribution in [0.4, 0.5) is 5.69 Å². The van der Waals surface area contributed by atoms with E-state index in [1.165, 1.54) is 5.69 Å². The summed E-state index contributed by atoms with van der Waals surface area (Å²) < 4.78 is 5.24. The average molecular weight is 279 g/mol. The van der Waals surface area contributed by atoms with Crippen LogP contribution in [0.3, 0.4) is 0 Å². The number of methoxy groups -OCH3 is 1. The molecule has 4 nitrogen and oxygen atoms in total. The summed E-state index contributed by atoms with van der Waals surface area (Å²) in [5, 5.41) is 3.21. The van der Waals surface area contributed by atoms with Crippen molar-refractivity contribution >= 4 is 5.69 Å². The molecular weight excluding hydrogens is 250 g/mol. The van der Waals surface area contributed by atoms with Crippen LogP contribution >= 0.6 is 0 Å². The molecule has 0 saturated carbocycles. The fourth-order valence-corrected chi connectivity index (χ4v) is 2.41. The van der Waals surface area contributed by atoms with E-state index >= 15 is 0 Å². The molecule has 0 radical (unpaired) electrons. The first-order chi connectivity index (χ1) is 9.67. The zero-order valence-corrected chi connectivity index (χ0v) is 13.5. The van der Waals surface area contributed by atoms with Crippen LogP contribution in [0.15, 0.2) is 18.3 Å². The minimum absolute atomic E-state index is 0.282. The molecule has 114 valence electrons. The third kappa shape index (κ3) is 4.46. The van der Waals surface area contributed by atoms with Gasteiger partial charge in [-0.05, 0) is 38.9 Å². The molecule has 0 aliphatic carbocycles. The van der Waals surface area contributed by atoms with Gasteiger partial charge in [-0.3, -0.25) is 4.98 Å². The van der Waals surface area contributed by atoms with Gasteiger partial charge in [-0.15, -0.1) is 0 Å². The maximum atomic E-state index is 5.24. The number of aromatic nitrogens is 1. The van der Waals surface area contributed by atoms with Gasteiger partial charge in [-0.2, -0.15) is 0 Å². The smallest absolute Gasteiger partial charge is 0.0637 e. The summed E-state index contributed by atoms with van der Waals surface area (Å²) in [6, 6.07) is 5.10. The molecule has 4 heteroatoms. The van der Waals surface area contributed by atoms with E-state index in [0.29, 0.717) is 6.04 Å². The number of pyridine rings is 1. The van der Waals surface area contributed by atoms with Crippen LogP contribution in [0.5, 0.6) is 0 Å². The Bertz CT molecular complexity index is 362. The van der Waals surface area contributed by atoms with E-state index in [9.17, 15) is 0 Å². The summed E-state index contributed by atoms with van der Waals surface area (Å²) in [6.07, 6.45) is 4.25. The highest BCUT2D eigenvalue weighted by atomic mass is 16.5. The number of ether oxygens (including phenoxy) is 1. The summed E-state index contributed by atoms with van der Waals surface area (Å²) in [6.45, 7) is 8.24. The first-order valence-corrected chi connectivity index (χ1v) is 7.56. The number of hydrogen-bond acceptors (Lipinski definition) is 4. The fourth-order valence-electron chi connectivity index (χ4n) is 2.41. The molecule has 0 bridgehead atoms. The number of hydrogen-bond donors (Lipinski definition) is 1. The van der Waals surface area contributed by atoms with Crippen molar-refractivity contribution < 1.29 is 4.74 Å². The third-order valence-electron chi connectivity index (χ3n) is 3.90. The highest BCUT2D eigenvalue weighted by Gasteiger charge is 2.16. The van der Waals surface area contributed by atoms with Crippen LogP contribution in [0, 0.1) is 0 Å². The molecule has 1 N–H and O–H groups in total. The Labute approximate surface area is 123 Å². The van der Waals surface area contributed by atoms with Crippen molar-refractivity contribution in [1.82, 2.24) is 10.3 Å². The van der Waals surface area contributed by atoms with Crippen LogP contribution in [0.2, 0.25) is 0 Å². The molecule has 0 fully saturated rings. The monoisotopic (exact) mass is 279 g/mol. The Morgan fingerprint density at radius 1 is 1.30 bits per heavy atom.